The fraction of sp³-hybridized carbons (Fsp3) is 0.692. The second-order valence-electron chi connectivity index (χ2n) is 5.12. The van der Waals surface area contributed by atoms with Crippen LogP contribution in [0.15, 0.2) is 11.0 Å². The standard InChI is InChI=1S/C13H20FN3O4/c1-3-4-5-15-11-8(14)6-17(13(20)16-11)12-10(19)9(18)7(2)21-12/h6-7,9-10,12,18-19H,3-5H2,1-2H3,(H,15,16,20)/t7-,9-,10-,12-/m1/s1. The smallest absolute Gasteiger partial charge is 0.351 e. The summed E-state index contributed by atoms with van der Waals surface area (Å²) in [5.74, 6) is -0.832. The number of halogens is 1. The Morgan fingerprint density at radius 2 is 2.19 bits per heavy atom. The van der Waals surface area contributed by atoms with E-state index in [2.05, 4.69) is 10.3 Å². The number of anilines is 1. The molecule has 1 aromatic rings. The summed E-state index contributed by atoms with van der Waals surface area (Å²) in [5.41, 5.74) is -0.749. The van der Waals surface area contributed by atoms with Gasteiger partial charge in [-0.1, -0.05) is 13.3 Å². The van der Waals surface area contributed by atoms with E-state index in [1.807, 2.05) is 6.92 Å². The number of ether oxygens (including phenoxy) is 1. The Morgan fingerprint density at radius 1 is 1.48 bits per heavy atom. The summed E-state index contributed by atoms with van der Waals surface area (Å²) in [6.45, 7) is 4.07. The van der Waals surface area contributed by atoms with E-state index in [9.17, 15) is 19.4 Å². The van der Waals surface area contributed by atoms with Gasteiger partial charge in [0.2, 0.25) is 0 Å². The second kappa shape index (κ2) is 6.50. The molecule has 3 N–H and O–H groups in total. The highest BCUT2D eigenvalue weighted by atomic mass is 19.1. The van der Waals surface area contributed by atoms with Gasteiger partial charge in [0.1, 0.15) is 12.2 Å². The number of nitrogens with one attached hydrogen (secondary N) is 1. The van der Waals surface area contributed by atoms with E-state index in [4.69, 9.17) is 4.74 Å². The molecular weight excluding hydrogens is 281 g/mol. The van der Waals surface area contributed by atoms with Crippen LogP contribution in [0, 0.1) is 5.82 Å². The van der Waals surface area contributed by atoms with Gasteiger partial charge >= 0.3 is 5.69 Å². The van der Waals surface area contributed by atoms with Crippen LogP contribution in [0.25, 0.3) is 0 Å². The summed E-state index contributed by atoms with van der Waals surface area (Å²) in [6.07, 6.45) is -1.54. The van der Waals surface area contributed by atoms with Crippen molar-refractivity contribution in [2.75, 3.05) is 11.9 Å². The SMILES string of the molecule is CCCCNc1nc(=O)n([C@@H]2O[C@H](C)[C@@H](O)[C@H]2O)cc1F. The van der Waals surface area contributed by atoms with E-state index in [1.54, 1.807) is 6.92 Å². The number of hydrogen-bond donors (Lipinski definition) is 3. The Labute approximate surface area is 121 Å². The van der Waals surface area contributed by atoms with Crippen molar-refractivity contribution in [3.8, 4) is 0 Å². The Kier molecular flexibility index (Phi) is 4.92. The van der Waals surface area contributed by atoms with E-state index >= 15 is 0 Å². The van der Waals surface area contributed by atoms with Gasteiger partial charge in [-0.05, 0) is 13.3 Å². The van der Waals surface area contributed by atoms with Crippen molar-refractivity contribution in [1.29, 1.82) is 0 Å². The zero-order valence-corrected chi connectivity index (χ0v) is 12.0. The Balaban J connectivity index is 2.23. The minimum Gasteiger partial charge on any atom is -0.388 e. The van der Waals surface area contributed by atoms with Crippen molar-refractivity contribution < 1.29 is 19.3 Å². The molecule has 0 aliphatic carbocycles. The van der Waals surface area contributed by atoms with Crippen molar-refractivity contribution in [2.45, 2.75) is 51.2 Å². The molecule has 0 spiro atoms. The van der Waals surface area contributed by atoms with Crippen LogP contribution in [0.2, 0.25) is 0 Å². The predicted molar refractivity (Wildman–Crippen MR) is 73.5 cm³/mol. The zero-order chi connectivity index (χ0) is 15.6. The third-order valence-corrected chi connectivity index (χ3v) is 3.48. The van der Waals surface area contributed by atoms with Crippen LogP contribution in [0.1, 0.15) is 32.9 Å². The van der Waals surface area contributed by atoms with E-state index in [0.717, 1.165) is 23.6 Å². The van der Waals surface area contributed by atoms with Crippen LogP contribution >= 0.6 is 0 Å². The first-order valence-electron chi connectivity index (χ1n) is 6.99. The third-order valence-electron chi connectivity index (χ3n) is 3.48. The maximum atomic E-state index is 13.9. The third kappa shape index (κ3) is 3.22. The highest BCUT2D eigenvalue weighted by Crippen LogP contribution is 2.28. The van der Waals surface area contributed by atoms with Crippen LogP contribution < -0.4 is 11.0 Å². The first-order valence-corrected chi connectivity index (χ1v) is 6.99. The summed E-state index contributed by atoms with van der Waals surface area (Å²) in [4.78, 5) is 15.6. The first-order chi connectivity index (χ1) is 9.95. The highest BCUT2D eigenvalue weighted by molar-refractivity contribution is 5.34. The average Bonchev–Trinajstić information content (AvgIpc) is 2.70. The van der Waals surface area contributed by atoms with Gasteiger partial charge in [-0.3, -0.25) is 4.57 Å². The number of aromatic nitrogens is 2. The normalized spacial score (nSPS) is 28.8. The van der Waals surface area contributed by atoms with Crippen molar-refractivity contribution >= 4 is 5.82 Å². The monoisotopic (exact) mass is 301 g/mol. The molecule has 0 bridgehead atoms. The maximum absolute atomic E-state index is 13.9. The van der Waals surface area contributed by atoms with Crippen molar-refractivity contribution in [1.82, 2.24) is 9.55 Å². The number of unbranched alkanes of at least 4 members (excludes halogenated alkanes) is 1. The molecule has 2 rings (SSSR count). The Morgan fingerprint density at radius 3 is 2.76 bits per heavy atom. The topological polar surface area (TPSA) is 96.6 Å². The minimum absolute atomic E-state index is 0.120. The maximum Gasteiger partial charge on any atom is 0.351 e. The van der Waals surface area contributed by atoms with Crippen molar-refractivity contribution in [2.24, 2.45) is 0 Å². The fourth-order valence-corrected chi connectivity index (χ4v) is 2.19. The number of nitrogens with zero attached hydrogens (tertiary/aromatic N) is 2. The lowest BCUT2D eigenvalue weighted by atomic mass is 10.1. The molecule has 2 heterocycles. The van der Waals surface area contributed by atoms with Crippen LogP contribution in [0.5, 0.6) is 0 Å². The van der Waals surface area contributed by atoms with Crippen LogP contribution in [0.4, 0.5) is 10.2 Å². The van der Waals surface area contributed by atoms with Gasteiger partial charge < -0.3 is 20.3 Å². The molecule has 1 aromatic heterocycles. The molecule has 1 aliphatic heterocycles. The Hall–Kier alpha value is -1.51. The van der Waals surface area contributed by atoms with Gasteiger partial charge in [-0.2, -0.15) is 4.98 Å². The summed E-state index contributed by atoms with van der Waals surface area (Å²) in [5, 5.41) is 22.2. The zero-order valence-electron chi connectivity index (χ0n) is 12.0. The lowest BCUT2D eigenvalue weighted by molar-refractivity contribution is -0.0355. The van der Waals surface area contributed by atoms with Gasteiger partial charge in [0.15, 0.2) is 17.9 Å². The Bertz CT molecular complexity index is 551. The van der Waals surface area contributed by atoms with Crippen molar-refractivity contribution in [3.05, 3.63) is 22.5 Å². The molecule has 1 aliphatic rings. The van der Waals surface area contributed by atoms with E-state index in [-0.39, 0.29) is 5.82 Å². The number of rotatable bonds is 5. The minimum atomic E-state index is -1.31. The largest absolute Gasteiger partial charge is 0.388 e. The van der Waals surface area contributed by atoms with Crippen LogP contribution in [-0.4, -0.2) is 44.6 Å². The lowest BCUT2D eigenvalue weighted by Crippen LogP contribution is -2.36. The molecule has 0 radical (unpaired) electrons. The van der Waals surface area contributed by atoms with Gasteiger partial charge in [-0.15, -0.1) is 0 Å². The fourth-order valence-electron chi connectivity index (χ4n) is 2.19. The van der Waals surface area contributed by atoms with Gasteiger partial charge in [0, 0.05) is 6.54 Å². The molecule has 7 nitrogen and oxygen atoms in total. The van der Waals surface area contributed by atoms with Gasteiger partial charge in [0.25, 0.3) is 0 Å². The van der Waals surface area contributed by atoms with E-state index < -0.39 is 36.0 Å². The van der Waals surface area contributed by atoms with Gasteiger partial charge in [0.05, 0.1) is 12.3 Å². The molecule has 0 saturated carbocycles. The molecule has 118 valence electrons. The molecule has 1 fully saturated rings. The molecule has 0 unspecified atom stereocenters. The van der Waals surface area contributed by atoms with Crippen LogP contribution in [0.3, 0.4) is 0 Å². The molecule has 8 heteroatoms. The summed E-state index contributed by atoms with van der Waals surface area (Å²) >= 11 is 0. The molecular formula is C13H20FN3O4. The highest BCUT2D eigenvalue weighted by Gasteiger charge is 2.42. The molecule has 21 heavy (non-hydrogen) atoms. The predicted octanol–water partition coefficient (Wildman–Crippen LogP) is 0.233. The first kappa shape index (κ1) is 15.9. The van der Waals surface area contributed by atoms with E-state index in [0.29, 0.717) is 6.54 Å². The summed E-state index contributed by atoms with van der Waals surface area (Å²) in [6, 6.07) is 0. The van der Waals surface area contributed by atoms with Crippen molar-refractivity contribution in [3.63, 3.8) is 0 Å². The number of aliphatic hydroxyl groups is 2. The van der Waals surface area contributed by atoms with Gasteiger partial charge in [-0.25, -0.2) is 9.18 Å². The molecule has 0 aromatic carbocycles. The number of aliphatic hydroxyl groups excluding tert-OH is 2. The second-order valence-corrected chi connectivity index (χ2v) is 5.12. The quantitative estimate of drug-likeness (QED) is 0.674. The van der Waals surface area contributed by atoms with Crippen LogP contribution in [-0.2, 0) is 4.74 Å². The lowest BCUT2D eigenvalue weighted by Gasteiger charge is -2.17. The summed E-state index contributed by atoms with van der Waals surface area (Å²) < 4.78 is 20.1. The molecule has 1 saturated heterocycles. The number of hydrogen-bond acceptors (Lipinski definition) is 6. The summed E-state index contributed by atoms with van der Waals surface area (Å²) in [7, 11) is 0. The average molecular weight is 301 g/mol. The molecule has 0 amide bonds. The molecule has 4 atom stereocenters. The van der Waals surface area contributed by atoms with E-state index in [1.165, 1.54) is 0 Å².